The lowest BCUT2D eigenvalue weighted by Crippen LogP contribution is -2.28. The first kappa shape index (κ1) is 14.1. The molecule has 1 aromatic carbocycles. The third-order valence-electron chi connectivity index (χ3n) is 2.71. The molecule has 18 heavy (non-hydrogen) atoms. The molecular formula is C12H15FN2O3. The maximum atomic E-state index is 13.3. The fourth-order valence-corrected chi connectivity index (χ4v) is 1.31. The van der Waals surface area contributed by atoms with Crippen molar-refractivity contribution in [3.63, 3.8) is 0 Å². The maximum Gasteiger partial charge on any atom is 0.304 e. The van der Waals surface area contributed by atoms with Crippen molar-refractivity contribution in [3.05, 3.63) is 39.7 Å². The Labute approximate surface area is 104 Å². The number of nitrogens with zero attached hydrogens (tertiary/aromatic N) is 1. The SMILES string of the molecule is CCC(C)CNC(=O)c1ccc([N+](=O)[O-])c(F)c1. The van der Waals surface area contributed by atoms with E-state index in [1.165, 1.54) is 6.07 Å². The lowest BCUT2D eigenvalue weighted by Gasteiger charge is -2.10. The van der Waals surface area contributed by atoms with Gasteiger partial charge in [-0.3, -0.25) is 14.9 Å². The quantitative estimate of drug-likeness (QED) is 0.648. The molecule has 0 radical (unpaired) electrons. The zero-order chi connectivity index (χ0) is 13.7. The van der Waals surface area contributed by atoms with Crippen LogP contribution >= 0.6 is 0 Å². The number of carbonyl (C=O) groups excluding carboxylic acids is 1. The molecule has 5 nitrogen and oxygen atoms in total. The van der Waals surface area contributed by atoms with Crippen molar-refractivity contribution in [2.75, 3.05) is 6.54 Å². The van der Waals surface area contributed by atoms with Gasteiger partial charge in [0.2, 0.25) is 5.82 Å². The van der Waals surface area contributed by atoms with Crippen molar-refractivity contribution in [1.29, 1.82) is 0 Å². The summed E-state index contributed by atoms with van der Waals surface area (Å²) in [6.45, 7) is 4.48. The highest BCUT2D eigenvalue weighted by molar-refractivity contribution is 5.94. The molecule has 0 aliphatic carbocycles. The first-order valence-electron chi connectivity index (χ1n) is 5.67. The van der Waals surface area contributed by atoms with Crippen molar-refractivity contribution >= 4 is 11.6 Å². The summed E-state index contributed by atoms with van der Waals surface area (Å²) in [5, 5.41) is 13.1. The second-order valence-corrected chi connectivity index (χ2v) is 4.15. The van der Waals surface area contributed by atoms with E-state index in [2.05, 4.69) is 5.32 Å². The number of hydrogen-bond donors (Lipinski definition) is 1. The molecule has 1 aromatic rings. The second-order valence-electron chi connectivity index (χ2n) is 4.15. The van der Waals surface area contributed by atoms with E-state index >= 15 is 0 Å². The zero-order valence-electron chi connectivity index (χ0n) is 10.3. The van der Waals surface area contributed by atoms with Crippen molar-refractivity contribution in [2.45, 2.75) is 20.3 Å². The van der Waals surface area contributed by atoms with Gasteiger partial charge in [0.25, 0.3) is 5.91 Å². The molecule has 0 aliphatic rings. The van der Waals surface area contributed by atoms with E-state index in [0.29, 0.717) is 12.5 Å². The summed E-state index contributed by atoms with van der Waals surface area (Å²) in [5.74, 6) is -1.10. The Hall–Kier alpha value is -1.98. The van der Waals surface area contributed by atoms with E-state index in [9.17, 15) is 19.3 Å². The van der Waals surface area contributed by atoms with E-state index < -0.39 is 22.3 Å². The lowest BCUT2D eigenvalue weighted by atomic mass is 10.1. The molecule has 98 valence electrons. The Bertz CT molecular complexity index is 463. The Morgan fingerprint density at radius 3 is 2.72 bits per heavy atom. The summed E-state index contributed by atoms with van der Waals surface area (Å²) in [4.78, 5) is 21.2. The normalized spacial score (nSPS) is 11.9. The van der Waals surface area contributed by atoms with E-state index in [4.69, 9.17) is 0 Å². The van der Waals surface area contributed by atoms with Crippen LogP contribution in [0, 0.1) is 21.8 Å². The Balaban J connectivity index is 2.76. The average molecular weight is 254 g/mol. The first-order chi connectivity index (χ1) is 8.45. The highest BCUT2D eigenvalue weighted by Gasteiger charge is 2.16. The first-order valence-corrected chi connectivity index (χ1v) is 5.67. The molecule has 1 N–H and O–H groups in total. The highest BCUT2D eigenvalue weighted by atomic mass is 19.1. The van der Waals surface area contributed by atoms with Gasteiger partial charge in [0.15, 0.2) is 0 Å². The number of nitrogens with one attached hydrogen (secondary N) is 1. The number of hydrogen-bond acceptors (Lipinski definition) is 3. The summed E-state index contributed by atoms with van der Waals surface area (Å²) >= 11 is 0. The molecule has 1 amide bonds. The van der Waals surface area contributed by atoms with Crippen molar-refractivity contribution in [3.8, 4) is 0 Å². The molecule has 0 saturated heterocycles. The molecule has 1 rings (SSSR count). The van der Waals surface area contributed by atoms with Crippen LogP contribution < -0.4 is 5.32 Å². The minimum absolute atomic E-state index is 0.0846. The predicted molar refractivity (Wildman–Crippen MR) is 64.8 cm³/mol. The van der Waals surface area contributed by atoms with Gasteiger partial charge >= 0.3 is 5.69 Å². The van der Waals surface area contributed by atoms with Crippen LogP contribution in [0.4, 0.5) is 10.1 Å². The third kappa shape index (κ3) is 3.51. The van der Waals surface area contributed by atoms with Crippen LogP contribution in [0.5, 0.6) is 0 Å². The average Bonchev–Trinajstić information content (AvgIpc) is 2.34. The monoisotopic (exact) mass is 254 g/mol. The summed E-state index contributed by atoms with van der Waals surface area (Å²) in [7, 11) is 0. The van der Waals surface area contributed by atoms with Crippen LogP contribution in [0.3, 0.4) is 0 Å². The number of amides is 1. The predicted octanol–water partition coefficient (Wildman–Crippen LogP) is 2.51. The van der Waals surface area contributed by atoms with Crippen molar-refractivity contribution < 1.29 is 14.1 Å². The topological polar surface area (TPSA) is 72.2 Å². The van der Waals surface area contributed by atoms with Crippen molar-refractivity contribution in [2.24, 2.45) is 5.92 Å². The molecule has 0 spiro atoms. The number of halogens is 1. The van der Waals surface area contributed by atoms with Gasteiger partial charge in [0, 0.05) is 18.2 Å². The number of rotatable bonds is 5. The largest absolute Gasteiger partial charge is 0.352 e. The van der Waals surface area contributed by atoms with Gasteiger partial charge in [0.1, 0.15) is 0 Å². The number of benzene rings is 1. The van der Waals surface area contributed by atoms with Gasteiger partial charge in [-0.15, -0.1) is 0 Å². The fourth-order valence-electron chi connectivity index (χ4n) is 1.31. The third-order valence-corrected chi connectivity index (χ3v) is 2.71. The minimum Gasteiger partial charge on any atom is -0.352 e. The molecular weight excluding hydrogens is 239 g/mol. The van der Waals surface area contributed by atoms with Gasteiger partial charge < -0.3 is 5.32 Å². The number of carbonyl (C=O) groups is 1. The summed E-state index contributed by atoms with van der Waals surface area (Å²) < 4.78 is 13.3. The summed E-state index contributed by atoms with van der Waals surface area (Å²) in [6.07, 6.45) is 0.925. The van der Waals surface area contributed by atoms with Gasteiger partial charge in [-0.25, -0.2) is 0 Å². The zero-order valence-corrected chi connectivity index (χ0v) is 10.3. The number of nitro groups is 1. The van der Waals surface area contributed by atoms with Crippen LogP contribution in [0.1, 0.15) is 30.6 Å². The molecule has 0 heterocycles. The smallest absolute Gasteiger partial charge is 0.304 e. The van der Waals surface area contributed by atoms with E-state index in [0.717, 1.165) is 18.6 Å². The fraction of sp³-hybridized carbons (Fsp3) is 0.417. The second kappa shape index (κ2) is 6.09. The van der Waals surface area contributed by atoms with Crippen LogP contribution in [0.25, 0.3) is 0 Å². The van der Waals surface area contributed by atoms with Gasteiger partial charge in [0.05, 0.1) is 4.92 Å². The number of nitro benzene ring substituents is 1. The molecule has 0 aromatic heterocycles. The molecule has 0 saturated carbocycles. The van der Waals surface area contributed by atoms with E-state index in [-0.39, 0.29) is 5.56 Å². The van der Waals surface area contributed by atoms with Gasteiger partial charge in [-0.2, -0.15) is 4.39 Å². The Morgan fingerprint density at radius 1 is 1.56 bits per heavy atom. The Morgan fingerprint density at radius 2 is 2.22 bits per heavy atom. The molecule has 6 heteroatoms. The maximum absolute atomic E-state index is 13.3. The molecule has 1 atom stereocenters. The lowest BCUT2D eigenvalue weighted by molar-refractivity contribution is -0.387. The van der Waals surface area contributed by atoms with Crippen molar-refractivity contribution in [1.82, 2.24) is 5.32 Å². The van der Waals surface area contributed by atoms with Crippen LogP contribution in [-0.4, -0.2) is 17.4 Å². The van der Waals surface area contributed by atoms with E-state index in [1.807, 2.05) is 13.8 Å². The van der Waals surface area contributed by atoms with Crippen LogP contribution in [0.2, 0.25) is 0 Å². The Kier molecular flexibility index (Phi) is 4.76. The highest BCUT2D eigenvalue weighted by Crippen LogP contribution is 2.17. The van der Waals surface area contributed by atoms with E-state index in [1.54, 1.807) is 0 Å². The molecule has 0 aliphatic heterocycles. The standard InChI is InChI=1S/C12H15FN2O3/c1-3-8(2)7-14-12(16)9-4-5-11(15(17)18)10(13)6-9/h4-6,8H,3,7H2,1-2H3,(H,14,16). The molecule has 0 fully saturated rings. The molecule has 0 bridgehead atoms. The van der Waals surface area contributed by atoms with Crippen LogP contribution in [0.15, 0.2) is 18.2 Å². The van der Waals surface area contributed by atoms with Gasteiger partial charge in [-0.05, 0) is 18.1 Å². The molecule has 1 unspecified atom stereocenters. The van der Waals surface area contributed by atoms with Gasteiger partial charge in [-0.1, -0.05) is 20.3 Å². The summed E-state index contributed by atoms with van der Waals surface area (Å²) in [6, 6.07) is 3.12. The summed E-state index contributed by atoms with van der Waals surface area (Å²) in [5.41, 5.74) is -0.546. The van der Waals surface area contributed by atoms with Crippen LogP contribution in [-0.2, 0) is 0 Å². The minimum atomic E-state index is -1.00.